The van der Waals surface area contributed by atoms with E-state index in [1.807, 2.05) is 0 Å². The summed E-state index contributed by atoms with van der Waals surface area (Å²) in [6, 6.07) is 0. The molecule has 0 saturated carbocycles. The molecule has 0 spiro atoms. The Kier molecular flexibility index (Phi) is 41.1. The van der Waals surface area contributed by atoms with Gasteiger partial charge in [0.05, 0.1) is 0 Å². The van der Waals surface area contributed by atoms with E-state index in [2.05, 4.69) is 0 Å². The zero-order valence-electron chi connectivity index (χ0n) is 4.28. The third kappa shape index (κ3) is 16.4. The van der Waals surface area contributed by atoms with Crippen LogP contribution in [0, 0.1) is 0 Å². The molecule has 0 aromatic carbocycles. The summed E-state index contributed by atoms with van der Waals surface area (Å²) in [6.07, 6.45) is 0. The number of hydrogen-bond acceptors (Lipinski definition) is 2. The summed E-state index contributed by atoms with van der Waals surface area (Å²) >= 11 is 0. The van der Waals surface area contributed by atoms with Crippen LogP contribution in [-0.4, -0.2) is 50.8 Å². The molecule has 0 bridgehead atoms. The van der Waals surface area contributed by atoms with Gasteiger partial charge in [0.1, 0.15) is 0 Å². The van der Waals surface area contributed by atoms with E-state index >= 15 is 0 Å². The Morgan fingerprint density at radius 2 is 1.17 bits per heavy atom. The largest absolute Gasteiger partial charge is 2.00 e. The van der Waals surface area contributed by atoms with Crippen LogP contribution in [0.15, 0.2) is 0 Å². The summed E-state index contributed by atoms with van der Waals surface area (Å²) in [5.74, 6) is 0. The molecule has 0 aromatic heterocycles. The first-order valence-electron chi connectivity index (χ1n) is 1.32. The second kappa shape index (κ2) is 15.7. The number of hydrogen-bond donors (Lipinski definition) is 2. The molecule has 0 rings (SSSR count). The van der Waals surface area contributed by atoms with Crippen LogP contribution in [0.5, 0.6) is 0 Å². The van der Waals surface area contributed by atoms with E-state index < -0.39 is 0 Å². The van der Waals surface area contributed by atoms with Crippen LogP contribution in [0.2, 0.25) is 0 Å². The molecule has 0 saturated heterocycles. The molecule has 0 unspecified atom stereocenters. The summed E-state index contributed by atoms with van der Waals surface area (Å²) in [7, 11) is 0. The monoisotopic (exact) mass is 123 g/mol. The molecule has 6 heavy (non-hydrogen) atoms. The second-order valence-corrected chi connectivity index (χ2v) is 0.577. The molecule has 0 aromatic rings. The summed E-state index contributed by atoms with van der Waals surface area (Å²) in [5.41, 5.74) is 9.81. The van der Waals surface area contributed by atoms with E-state index in [1.54, 1.807) is 0 Å². The van der Waals surface area contributed by atoms with Gasteiger partial charge in [-0.15, -0.1) is 0 Å². The van der Waals surface area contributed by atoms with Crippen LogP contribution < -0.4 is 41.0 Å². The Balaban J connectivity index is -0.0000000450. The maximum atomic E-state index is 4.90. The van der Waals surface area contributed by atoms with E-state index in [9.17, 15) is 0 Å². The predicted octanol–water partition coefficient (Wildman–Crippen LogP) is -4.47. The molecular formula is C2H8CaN2Na+3. The van der Waals surface area contributed by atoms with Gasteiger partial charge in [0.15, 0.2) is 0 Å². The Bertz CT molecular complexity index is 13.5. The standard InChI is InChI=1S/C2H8N2.Ca.Na/c3-1-2-4;;/h1-4H2;;/q;+2;+1. The number of rotatable bonds is 1. The van der Waals surface area contributed by atoms with Gasteiger partial charge in [-0.3, -0.25) is 0 Å². The van der Waals surface area contributed by atoms with Gasteiger partial charge in [-0.2, -0.15) is 0 Å². The Morgan fingerprint density at radius 3 is 1.17 bits per heavy atom. The quantitative estimate of drug-likeness (QED) is 0.345. The van der Waals surface area contributed by atoms with E-state index in [1.165, 1.54) is 0 Å². The van der Waals surface area contributed by atoms with Crippen molar-refractivity contribution in [3.8, 4) is 0 Å². The zero-order chi connectivity index (χ0) is 3.41. The summed E-state index contributed by atoms with van der Waals surface area (Å²) < 4.78 is 0. The minimum atomic E-state index is 0. The van der Waals surface area contributed by atoms with E-state index in [-0.39, 0.29) is 67.3 Å². The molecule has 26 valence electrons. The topological polar surface area (TPSA) is 52.0 Å². The van der Waals surface area contributed by atoms with E-state index in [0.29, 0.717) is 13.1 Å². The van der Waals surface area contributed by atoms with Crippen molar-refractivity contribution in [2.24, 2.45) is 11.5 Å². The predicted molar refractivity (Wildman–Crippen MR) is 23.9 cm³/mol. The minimum absolute atomic E-state index is 0. The van der Waals surface area contributed by atoms with Gasteiger partial charge < -0.3 is 11.5 Å². The van der Waals surface area contributed by atoms with Crippen LogP contribution in [0.4, 0.5) is 0 Å². The summed E-state index contributed by atoms with van der Waals surface area (Å²) in [6.45, 7) is 1.19. The van der Waals surface area contributed by atoms with Gasteiger partial charge in [0.25, 0.3) is 0 Å². The average molecular weight is 123 g/mol. The van der Waals surface area contributed by atoms with Gasteiger partial charge in [0, 0.05) is 13.1 Å². The smallest absolute Gasteiger partial charge is 0.329 e. The third-order valence-electron chi connectivity index (χ3n) is 0.167. The average Bonchev–Trinajstić information content (AvgIpc) is 1.37. The first kappa shape index (κ1) is 15.7. The fourth-order valence-electron chi connectivity index (χ4n) is 0. The zero-order valence-corrected chi connectivity index (χ0v) is 8.48. The second-order valence-electron chi connectivity index (χ2n) is 0.577. The molecular weight excluding hydrogens is 115 g/mol. The molecule has 2 nitrogen and oxygen atoms in total. The van der Waals surface area contributed by atoms with Crippen molar-refractivity contribution < 1.29 is 29.6 Å². The maximum Gasteiger partial charge on any atom is 2.00 e. The fourth-order valence-corrected chi connectivity index (χ4v) is 0. The SMILES string of the molecule is NCCN.[Ca+2].[Na+]. The van der Waals surface area contributed by atoms with Gasteiger partial charge in [0.2, 0.25) is 0 Å². The molecule has 0 heterocycles. The van der Waals surface area contributed by atoms with E-state index in [0.717, 1.165) is 0 Å². The first-order chi connectivity index (χ1) is 1.91. The molecule has 0 amide bonds. The Morgan fingerprint density at radius 1 is 1.00 bits per heavy atom. The third-order valence-corrected chi connectivity index (χ3v) is 0.167. The van der Waals surface area contributed by atoms with Gasteiger partial charge >= 0.3 is 67.3 Å². The first-order valence-corrected chi connectivity index (χ1v) is 1.32. The fraction of sp³-hybridized carbons (Fsp3) is 1.00. The Labute approximate surface area is 90.3 Å². The van der Waals surface area contributed by atoms with Crippen molar-refractivity contribution in [3.05, 3.63) is 0 Å². The summed E-state index contributed by atoms with van der Waals surface area (Å²) in [5, 5.41) is 0. The van der Waals surface area contributed by atoms with Crippen molar-refractivity contribution in [2.45, 2.75) is 0 Å². The summed E-state index contributed by atoms with van der Waals surface area (Å²) in [4.78, 5) is 0. The van der Waals surface area contributed by atoms with Gasteiger partial charge in [-0.1, -0.05) is 0 Å². The maximum absolute atomic E-state index is 4.90. The molecule has 0 aliphatic rings. The molecule has 4 N–H and O–H groups in total. The normalized spacial score (nSPS) is 5.00. The van der Waals surface area contributed by atoms with E-state index in [4.69, 9.17) is 11.5 Å². The van der Waals surface area contributed by atoms with Crippen molar-refractivity contribution in [3.63, 3.8) is 0 Å². The minimum Gasteiger partial charge on any atom is -0.329 e. The Hall–Kier alpha value is 2.18. The van der Waals surface area contributed by atoms with Crippen LogP contribution >= 0.6 is 0 Å². The van der Waals surface area contributed by atoms with Crippen LogP contribution in [-0.2, 0) is 0 Å². The number of nitrogens with two attached hydrogens (primary N) is 2. The van der Waals surface area contributed by atoms with Crippen molar-refractivity contribution in [1.82, 2.24) is 0 Å². The molecule has 0 aliphatic carbocycles. The van der Waals surface area contributed by atoms with Crippen LogP contribution in [0.25, 0.3) is 0 Å². The molecule has 0 fully saturated rings. The van der Waals surface area contributed by atoms with Crippen molar-refractivity contribution in [2.75, 3.05) is 13.1 Å². The van der Waals surface area contributed by atoms with Crippen molar-refractivity contribution >= 4 is 37.7 Å². The van der Waals surface area contributed by atoms with Crippen LogP contribution in [0.3, 0.4) is 0 Å². The van der Waals surface area contributed by atoms with Gasteiger partial charge in [-0.25, -0.2) is 0 Å². The van der Waals surface area contributed by atoms with Gasteiger partial charge in [-0.05, 0) is 0 Å². The molecule has 0 radical (unpaired) electrons. The molecule has 4 heteroatoms. The van der Waals surface area contributed by atoms with Crippen LogP contribution in [0.1, 0.15) is 0 Å². The van der Waals surface area contributed by atoms with Crippen molar-refractivity contribution in [1.29, 1.82) is 0 Å². The molecule has 0 atom stereocenters. The molecule has 0 aliphatic heterocycles.